The minimum atomic E-state index is -3.57. The van der Waals surface area contributed by atoms with E-state index in [1.807, 2.05) is 26.0 Å². The Morgan fingerprint density at radius 3 is 2.26 bits per heavy atom. The van der Waals surface area contributed by atoms with E-state index >= 15 is 0 Å². The van der Waals surface area contributed by atoms with Gasteiger partial charge in [0.25, 0.3) is 0 Å². The lowest BCUT2D eigenvalue weighted by atomic mass is 10.0. The summed E-state index contributed by atoms with van der Waals surface area (Å²) in [6.45, 7) is 11.5. The zero-order valence-electron chi connectivity index (χ0n) is 19.0. The quantitative estimate of drug-likeness (QED) is 0.694. The van der Waals surface area contributed by atoms with Crippen molar-refractivity contribution in [2.45, 2.75) is 64.4 Å². The van der Waals surface area contributed by atoms with Crippen molar-refractivity contribution >= 4 is 21.7 Å². The van der Waals surface area contributed by atoms with Crippen LogP contribution in [0.3, 0.4) is 0 Å². The number of hydrogen-bond donors (Lipinski definition) is 0. The van der Waals surface area contributed by atoms with Crippen LogP contribution >= 0.6 is 0 Å². The molecule has 0 aliphatic carbocycles. The number of piperidine rings is 1. The molecule has 2 aliphatic heterocycles. The number of anilines is 2. The van der Waals surface area contributed by atoms with E-state index in [0.29, 0.717) is 55.0 Å². The van der Waals surface area contributed by atoms with Crippen LogP contribution in [-0.4, -0.2) is 71.5 Å². The second-order valence-corrected chi connectivity index (χ2v) is 10.4. The first-order valence-corrected chi connectivity index (χ1v) is 12.7. The molecule has 2 aliphatic rings. The maximum Gasteiger partial charge on any atom is 0.246 e. The molecule has 31 heavy (non-hydrogen) atoms. The van der Waals surface area contributed by atoms with E-state index in [0.717, 1.165) is 18.2 Å². The third-order valence-corrected chi connectivity index (χ3v) is 8.66. The third kappa shape index (κ3) is 4.15. The lowest BCUT2D eigenvalue weighted by Crippen LogP contribution is -2.49. The Kier molecular flexibility index (Phi) is 6.20. The van der Waals surface area contributed by atoms with Crippen LogP contribution in [0.15, 0.2) is 17.0 Å². The molecule has 0 aromatic carbocycles. The van der Waals surface area contributed by atoms with E-state index < -0.39 is 10.0 Å². The average Bonchev–Trinajstić information content (AvgIpc) is 3.08. The summed E-state index contributed by atoms with van der Waals surface area (Å²) >= 11 is 0. The highest BCUT2D eigenvalue weighted by Gasteiger charge is 2.33. The number of nitrogens with zero attached hydrogens (tertiary/aromatic N) is 7. The van der Waals surface area contributed by atoms with Crippen molar-refractivity contribution in [3.63, 3.8) is 0 Å². The fourth-order valence-electron chi connectivity index (χ4n) is 4.73. The van der Waals surface area contributed by atoms with Crippen LogP contribution < -0.4 is 9.80 Å². The van der Waals surface area contributed by atoms with Crippen molar-refractivity contribution in [2.75, 3.05) is 42.5 Å². The number of sulfonamides is 1. The molecule has 1 atom stereocenters. The molecule has 2 aromatic heterocycles. The molecule has 10 heteroatoms. The zero-order chi connectivity index (χ0) is 22.2. The summed E-state index contributed by atoms with van der Waals surface area (Å²) < 4.78 is 29.9. The van der Waals surface area contributed by atoms with Crippen LogP contribution in [0.1, 0.15) is 44.5 Å². The van der Waals surface area contributed by atoms with Gasteiger partial charge in [0.15, 0.2) is 11.6 Å². The summed E-state index contributed by atoms with van der Waals surface area (Å²) in [6, 6.07) is 4.54. The molecule has 0 spiro atoms. The second kappa shape index (κ2) is 8.74. The van der Waals surface area contributed by atoms with Gasteiger partial charge >= 0.3 is 0 Å². The van der Waals surface area contributed by atoms with Crippen molar-refractivity contribution in [1.82, 2.24) is 24.3 Å². The predicted octanol–water partition coefficient (Wildman–Crippen LogP) is 2.20. The summed E-state index contributed by atoms with van der Waals surface area (Å²) in [5, 5.41) is 13.3. The molecule has 4 heterocycles. The molecule has 2 aromatic rings. The second-order valence-electron chi connectivity index (χ2n) is 8.49. The number of hydrogen-bond acceptors (Lipinski definition) is 7. The summed E-state index contributed by atoms with van der Waals surface area (Å²) in [7, 11) is -3.57. The molecule has 0 N–H and O–H groups in total. The number of aromatic nitrogens is 4. The molecule has 0 radical (unpaired) electrons. The number of aryl methyl sites for hydroxylation is 2. The van der Waals surface area contributed by atoms with Gasteiger partial charge in [-0.05, 0) is 59.1 Å². The van der Waals surface area contributed by atoms with Gasteiger partial charge in [-0.3, -0.25) is 4.68 Å². The molecule has 4 rings (SSSR count). The highest BCUT2D eigenvalue weighted by atomic mass is 32.2. The molecular formula is C21H33N7O2S. The molecule has 1 unspecified atom stereocenters. The predicted molar refractivity (Wildman–Crippen MR) is 121 cm³/mol. The van der Waals surface area contributed by atoms with Crippen molar-refractivity contribution in [2.24, 2.45) is 0 Å². The first-order chi connectivity index (χ1) is 14.8. The van der Waals surface area contributed by atoms with Gasteiger partial charge in [-0.15, -0.1) is 10.2 Å². The van der Waals surface area contributed by atoms with Crippen molar-refractivity contribution < 1.29 is 8.42 Å². The lowest BCUT2D eigenvalue weighted by Gasteiger charge is -2.35. The normalized spacial score (nSPS) is 21.0. The van der Waals surface area contributed by atoms with Gasteiger partial charge in [0, 0.05) is 45.3 Å². The van der Waals surface area contributed by atoms with E-state index in [2.05, 4.69) is 32.0 Å². The summed E-state index contributed by atoms with van der Waals surface area (Å²) in [6.07, 6.45) is 3.66. The van der Waals surface area contributed by atoms with E-state index in [1.54, 1.807) is 15.9 Å². The molecular weight excluding hydrogens is 414 g/mol. The van der Waals surface area contributed by atoms with Crippen LogP contribution in [-0.2, 0) is 16.6 Å². The SMILES string of the molecule is CCn1nc(C)c(S(=O)(=O)N2CCN(c3ccc(N4CCCCC4C)nn3)CC2)c1C. The van der Waals surface area contributed by atoms with E-state index in [4.69, 9.17) is 0 Å². The minimum absolute atomic E-state index is 0.350. The minimum Gasteiger partial charge on any atom is -0.352 e. The molecule has 9 nitrogen and oxygen atoms in total. The van der Waals surface area contributed by atoms with Crippen molar-refractivity contribution in [1.29, 1.82) is 0 Å². The van der Waals surface area contributed by atoms with Gasteiger partial charge in [0.1, 0.15) is 4.90 Å². The van der Waals surface area contributed by atoms with E-state index in [1.165, 1.54) is 19.3 Å². The highest BCUT2D eigenvalue weighted by Crippen LogP contribution is 2.26. The molecule has 0 saturated carbocycles. The summed E-state index contributed by atoms with van der Waals surface area (Å²) in [4.78, 5) is 4.78. The molecule has 2 saturated heterocycles. The van der Waals surface area contributed by atoms with Gasteiger partial charge in [-0.1, -0.05) is 0 Å². The summed E-state index contributed by atoms with van der Waals surface area (Å²) in [5.74, 6) is 1.73. The van der Waals surface area contributed by atoms with Crippen LogP contribution in [0.2, 0.25) is 0 Å². The molecule has 0 bridgehead atoms. The van der Waals surface area contributed by atoms with Crippen molar-refractivity contribution in [3.8, 4) is 0 Å². The lowest BCUT2D eigenvalue weighted by molar-refractivity contribution is 0.383. The fourth-order valence-corrected chi connectivity index (χ4v) is 6.52. The zero-order valence-corrected chi connectivity index (χ0v) is 19.8. The van der Waals surface area contributed by atoms with Gasteiger partial charge in [0.2, 0.25) is 10.0 Å². The monoisotopic (exact) mass is 447 g/mol. The molecule has 2 fully saturated rings. The average molecular weight is 448 g/mol. The highest BCUT2D eigenvalue weighted by molar-refractivity contribution is 7.89. The smallest absolute Gasteiger partial charge is 0.246 e. The largest absolute Gasteiger partial charge is 0.352 e. The first kappa shape index (κ1) is 22.0. The maximum atomic E-state index is 13.3. The Morgan fingerprint density at radius 2 is 1.68 bits per heavy atom. The van der Waals surface area contributed by atoms with Gasteiger partial charge in [0.05, 0.1) is 11.4 Å². The Morgan fingerprint density at radius 1 is 1.00 bits per heavy atom. The molecule has 0 amide bonds. The maximum absolute atomic E-state index is 13.3. The Bertz CT molecular complexity index is 1010. The van der Waals surface area contributed by atoms with E-state index in [9.17, 15) is 8.42 Å². The number of piperazine rings is 1. The Balaban J connectivity index is 1.43. The van der Waals surface area contributed by atoms with Crippen LogP contribution in [0.25, 0.3) is 0 Å². The number of rotatable bonds is 5. The molecule has 170 valence electrons. The first-order valence-electron chi connectivity index (χ1n) is 11.2. The standard InChI is InChI=1S/C21H33N7O2S/c1-5-28-18(4)21(17(3)24-28)31(29,30)26-14-12-25(13-15-26)19-9-10-20(23-22-19)27-11-7-6-8-16(27)2/h9-10,16H,5-8,11-15H2,1-4H3. The van der Waals surface area contributed by atoms with Crippen molar-refractivity contribution in [3.05, 3.63) is 23.5 Å². The Hall–Kier alpha value is -2.20. The topological polar surface area (TPSA) is 87.5 Å². The van der Waals surface area contributed by atoms with Gasteiger partial charge in [-0.25, -0.2) is 8.42 Å². The third-order valence-electron chi connectivity index (χ3n) is 6.51. The van der Waals surface area contributed by atoms with Gasteiger partial charge < -0.3 is 9.80 Å². The fraction of sp³-hybridized carbons (Fsp3) is 0.667. The van der Waals surface area contributed by atoms with E-state index in [-0.39, 0.29) is 0 Å². The van der Waals surface area contributed by atoms with Crippen LogP contribution in [0.5, 0.6) is 0 Å². The Labute approximate surface area is 185 Å². The van der Waals surface area contributed by atoms with Gasteiger partial charge in [-0.2, -0.15) is 9.40 Å². The van der Waals surface area contributed by atoms with Crippen LogP contribution in [0.4, 0.5) is 11.6 Å². The van der Waals surface area contributed by atoms with Crippen LogP contribution in [0, 0.1) is 13.8 Å². The summed E-state index contributed by atoms with van der Waals surface area (Å²) in [5.41, 5.74) is 1.27.